The molecule has 0 spiro atoms. The molecule has 6 heteroatoms. The van der Waals surface area contributed by atoms with Crippen molar-refractivity contribution in [2.75, 3.05) is 0 Å². The van der Waals surface area contributed by atoms with Gasteiger partial charge in [0.1, 0.15) is 11.3 Å². The van der Waals surface area contributed by atoms with Gasteiger partial charge in [0.2, 0.25) is 0 Å². The van der Waals surface area contributed by atoms with Crippen molar-refractivity contribution in [2.24, 2.45) is 0 Å². The van der Waals surface area contributed by atoms with Crippen LogP contribution in [0.4, 0.5) is 0 Å². The molecule has 1 unspecified atom stereocenters. The monoisotopic (exact) mass is 378 g/mol. The molecule has 2 aromatic heterocycles. The van der Waals surface area contributed by atoms with Crippen LogP contribution in [0.3, 0.4) is 0 Å². The van der Waals surface area contributed by atoms with Crippen molar-refractivity contribution in [1.29, 1.82) is 0 Å². The summed E-state index contributed by atoms with van der Waals surface area (Å²) < 4.78 is 11.2. The van der Waals surface area contributed by atoms with E-state index in [4.69, 9.17) is 9.15 Å². The third-order valence-electron chi connectivity index (χ3n) is 5.10. The minimum absolute atomic E-state index is 0.0855. The summed E-state index contributed by atoms with van der Waals surface area (Å²) in [5.41, 5.74) is 4.17. The fourth-order valence-corrected chi connectivity index (χ4v) is 3.65. The van der Waals surface area contributed by atoms with Crippen molar-refractivity contribution in [2.45, 2.75) is 46.4 Å². The average Bonchev–Trinajstić information content (AvgIpc) is 3.09. The van der Waals surface area contributed by atoms with E-state index in [0.29, 0.717) is 24.4 Å². The van der Waals surface area contributed by atoms with Gasteiger partial charge in [0.05, 0.1) is 0 Å². The fourth-order valence-electron chi connectivity index (χ4n) is 3.65. The van der Waals surface area contributed by atoms with Crippen molar-refractivity contribution in [3.63, 3.8) is 0 Å². The molecular formula is C22H22N2O4. The van der Waals surface area contributed by atoms with E-state index in [0.717, 1.165) is 34.2 Å². The van der Waals surface area contributed by atoms with E-state index in [2.05, 4.69) is 4.98 Å². The van der Waals surface area contributed by atoms with Crippen molar-refractivity contribution < 1.29 is 13.9 Å². The molecule has 144 valence electrons. The first-order valence-electron chi connectivity index (χ1n) is 9.41. The molecular weight excluding hydrogens is 356 g/mol. The molecule has 0 saturated carbocycles. The maximum Gasteiger partial charge on any atom is 0.336 e. The molecule has 0 aliphatic carbocycles. The van der Waals surface area contributed by atoms with E-state index >= 15 is 0 Å². The second-order valence-electron chi connectivity index (χ2n) is 7.15. The van der Waals surface area contributed by atoms with Gasteiger partial charge >= 0.3 is 5.63 Å². The lowest BCUT2D eigenvalue weighted by molar-refractivity contribution is -0.138. The molecule has 0 bridgehead atoms. The third kappa shape index (κ3) is 3.38. The van der Waals surface area contributed by atoms with Gasteiger partial charge in [0.15, 0.2) is 6.10 Å². The number of ether oxygens (including phenoxy) is 1. The number of nitrogens with zero attached hydrogens (tertiary/aromatic N) is 2. The number of hydrogen-bond donors (Lipinski definition) is 0. The van der Waals surface area contributed by atoms with Crippen LogP contribution in [0.25, 0.3) is 11.0 Å². The summed E-state index contributed by atoms with van der Waals surface area (Å²) in [7, 11) is 0. The smallest absolute Gasteiger partial charge is 0.336 e. The Bertz CT molecular complexity index is 1120. The zero-order valence-electron chi connectivity index (χ0n) is 16.2. The van der Waals surface area contributed by atoms with E-state index < -0.39 is 6.10 Å². The zero-order valence-corrected chi connectivity index (χ0v) is 16.2. The number of aryl methyl sites for hydroxylation is 2. The second kappa shape index (κ2) is 7.11. The molecule has 1 aliphatic heterocycles. The first-order valence-corrected chi connectivity index (χ1v) is 9.41. The van der Waals surface area contributed by atoms with Gasteiger partial charge in [-0.25, -0.2) is 4.79 Å². The maximum absolute atomic E-state index is 12.8. The molecule has 1 aromatic carbocycles. The number of aromatic nitrogens is 1. The van der Waals surface area contributed by atoms with Crippen molar-refractivity contribution in [3.8, 4) is 5.75 Å². The SMILES string of the molecule is CCc1cc(=O)oc2cc(OC(C)C(=O)N3Cc4cnc(C)cc4C3)ccc12. The average molecular weight is 378 g/mol. The first kappa shape index (κ1) is 18.2. The molecule has 4 rings (SSSR count). The Balaban J connectivity index is 1.51. The number of carbonyl (C=O) groups is 1. The van der Waals surface area contributed by atoms with Gasteiger partial charge in [-0.15, -0.1) is 0 Å². The Kier molecular flexibility index (Phi) is 4.63. The Labute approximate surface area is 162 Å². The van der Waals surface area contributed by atoms with Gasteiger partial charge in [0.25, 0.3) is 5.91 Å². The lowest BCUT2D eigenvalue weighted by atomic mass is 10.1. The van der Waals surface area contributed by atoms with Crippen LogP contribution in [0.15, 0.2) is 45.7 Å². The van der Waals surface area contributed by atoms with Gasteiger partial charge in [-0.3, -0.25) is 9.78 Å². The van der Waals surface area contributed by atoms with E-state index in [9.17, 15) is 9.59 Å². The Morgan fingerprint density at radius 2 is 2.04 bits per heavy atom. The van der Waals surface area contributed by atoms with Crippen LogP contribution in [0, 0.1) is 6.92 Å². The van der Waals surface area contributed by atoms with E-state index in [-0.39, 0.29) is 11.5 Å². The van der Waals surface area contributed by atoms with E-state index in [1.807, 2.05) is 32.2 Å². The summed E-state index contributed by atoms with van der Waals surface area (Å²) in [5, 5.41) is 0.881. The zero-order chi connectivity index (χ0) is 19.8. The van der Waals surface area contributed by atoms with Crippen LogP contribution in [0.2, 0.25) is 0 Å². The van der Waals surface area contributed by atoms with E-state index in [1.54, 1.807) is 24.0 Å². The highest BCUT2D eigenvalue weighted by atomic mass is 16.5. The minimum Gasteiger partial charge on any atom is -0.481 e. The van der Waals surface area contributed by atoms with Gasteiger partial charge in [-0.1, -0.05) is 6.92 Å². The quantitative estimate of drug-likeness (QED) is 0.651. The molecule has 1 atom stereocenters. The highest BCUT2D eigenvalue weighted by Gasteiger charge is 2.28. The third-order valence-corrected chi connectivity index (χ3v) is 5.10. The number of carbonyl (C=O) groups excluding carboxylic acids is 1. The number of rotatable bonds is 4. The van der Waals surface area contributed by atoms with Crippen LogP contribution in [-0.4, -0.2) is 21.9 Å². The van der Waals surface area contributed by atoms with Gasteiger partial charge in [0, 0.05) is 42.5 Å². The maximum atomic E-state index is 12.8. The number of hydrogen-bond acceptors (Lipinski definition) is 5. The highest BCUT2D eigenvalue weighted by Crippen LogP contribution is 2.26. The van der Waals surface area contributed by atoms with Crippen molar-refractivity contribution >= 4 is 16.9 Å². The Morgan fingerprint density at radius 3 is 2.82 bits per heavy atom. The van der Waals surface area contributed by atoms with Crippen LogP contribution >= 0.6 is 0 Å². The highest BCUT2D eigenvalue weighted by molar-refractivity contribution is 5.83. The summed E-state index contributed by atoms with van der Waals surface area (Å²) in [6, 6.07) is 8.87. The molecule has 1 amide bonds. The summed E-state index contributed by atoms with van der Waals surface area (Å²) >= 11 is 0. The van der Waals surface area contributed by atoms with Crippen LogP contribution in [-0.2, 0) is 24.3 Å². The fraction of sp³-hybridized carbons (Fsp3) is 0.318. The number of pyridine rings is 1. The van der Waals surface area contributed by atoms with Crippen LogP contribution in [0.5, 0.6) is 5.75 Å². The lowest BCUT2D eigenvalue weighted by Gasteiger charge is -2.21. The lowest BCUT2D eigenvalue weighted by Crippen LogP contribution is -2.37. The summed E-state index contributed by atoms with van der Waals surface area (Å²) in [6.07, 6.45) is 1.92. The first-order chi connectivity index (χ1) is 13.4. The molecule has 1 aliphatic rings. The normalized spacial score (nSPS) is 14.2. The number of amides is 1. The van der Waals surface area contributed by atoms with Crippen LogP contribution < -0.4 is 10.4 Å². The molecule has 6 nitrogen and oxygen atoms in total. The molecule has 0 saturated heterocycles. The molecule has 3 heterocycles. The van der Waals surface area contributed by atoms with Crippen molar-refractivity contribution in [3.05, 3.63) is 69.3 Å². The molecule has 0 N–H and O–H groups in total. The Morgan fingerprint density at radius 1 is 1.25 bits per heavy atom. The number of fused-ring (bicyclic) bond motifs is 2. The van der Waals surface area contributed by atoms with Gasteiger partial charge in [-0.05, 0) is 55.2 Å². The summed E-state index contributed by atoms with van der Waals surface area (Å²) in [5.74, 6) is 0.414. The largest absolute Gasteiger partial charge is 0.481 e. The number of benzene rings is 1. The van der Waals surface area contributed by atoms with Gasteiger partial charge in [-0.2, -0.15) is 0 Å². The Hall–Kier alpha value is -3.15. The standard InChI is InChI=1S/C22H22N2O4/c1-4-15-8-21(25)28-20-9-18(5-6-19(15)20)27-14(3)22(26)24-11-16-7-13(2)23-10-17(16)12-24/h5-10,14H,4,11-12H2,1-3H3. The summed E-state index contributed by atoms with van der Waals surface area (Å²) in [6.45, 7) is 6.78. The minimum atomic E-state index is -0.651. The van der Waals surface area contributed by atoms with Crippen LogP contribution in [0.1, 0.15) is 36.2 Å². The predicted molar refractivity (Wildman–Crippen MR) is 105 cm³/mol. The molecule has 28 heavy (non-hydrogen) atoms. The predicted octanol–water partition coefficient (Wildman–Crippen LogP) is 3.37. The summed E-state index contributed by atoms with van der Waals surface area (Å²) in [4.78, 5) is 30.6. The molecule has 3 aromatic rings. The molecule has 0 fully saturated rings. The molecule has 0 radical (unpaired) electrons. The topological polar surface area (TPSA) is 72.6 Å². The van der Waals surface area contributed by atoms with Crippen molar-refractivity contribution in [1.82, 2.24) is 9.88 Å². The van der Waals surface area contributed by atoms with E-state index in [1.165, 1.54) is 6.07 Å². The van der Waals surface area contributed by atoms with Gasteiger partial charge < -0.3 is 14.1 Å². The second-order valence-corrected chi connectivity index (χ2v) is 7.15.